The summed E-state index contributed by atoms with van der Waals surface area (Å²) in [7, 11) is 1.36. The molecule has 1 heterocycles. The minimum Gasteiger partial charge on any atom is -0.468 e. The van der Waals surface area contributed by atoms with Gasteiger partial charge < -0.3 is 14.6 Å². The van der Waals surface area contributed by atoms with E-state index in [0.29, 0.717) is 19.6 Å². The molecule has 0 radical (unpaired) electrons. The van der Waals surface area contributed by atoms with E-state index in [0.717, 1.165) is 12.0 Å². The molecule has 0 amide bonds. The molecule has 104 valence electrons. The average Bonchev–Trinajstić information content (AvgIpc) is 2.94. The maximum Gasteiger partial charge on any atom is 0.323 e. The SMILES string of the molecule is COC(=O)[C@@H]1CCCN1C(O)OCc1ccccc1. The first-order valence-electron chi connectivity index (χ1n) is 6.39. The van der Waals surface area contributed by atoms with Gasteiger partial charge in [-0.05, 0) is 18.4 Å². The Morgan fingerprint density at radius 1 is 1.47 bits per heavy atom. The first kappa shape index (κ1) is 14.0. The molecule has 1 aliphatic rings. The summed E-state index contributed by atoms with van der Waals surface area (Å²) >= 11 is 0. The van der Waals surface area contributed by atoms with Gasteiger partial charge in [0.15, 0.2) is 0 Å². The number of likely N-dealkylation sites (tertiary alicyclic amines) is 1. The fourth-order valence-corrected chi connectivity index (χ4v) is 2.28. The molecule has 1 saturated heterocycles. The van der Waals surface area contributed by atoms with Gasteiger partial charge in [-0.2, -0.15) is 0 Å². The van der Waals surface area contributed by atoms with Crippen LogP contribution in [0.4, 0.5) is 0 Å². The normalized spacial score (nSPS) is 21.3. The number of methoxy groups -OCH3 is 1. The molecule has 0 bridgehead atoms. The first-order chi connectivity index (χ1) is 9.22. The number of carbonyl (C=O) groups excluding carboxylic acids is 1. The van der Waals surface area contributed by atoms with E-state index in [4.69, 9.17) is 9.47 Å². The van der Waals surface area contributed by atoms with E-state index in [9.17, 15) is 9.90 Å². The fraction of sp³-hybridized carbons (Fsp3) is 0.500. The van der Waals surface area contributed by atoms with Gasteiger partial charge >= 0.3 is 5.97 Å². The molecule has 2 rings (SSSR count). The summed E-state index contributed by atoms with van der Waals surface area (Å²) in [5.41, 5.74) is 0.982. The van der Waals surface area contributed by atoms with Gasteiger partial charge in [-0.3, -0.25) is 4.79 Å². The minimum absolute atomic E-state index is 0.312. The second-order valence-electron chi connectivity index (χ2n) is 4.54. The minimum atomic E-state index is -1.08. The number of aliphatic hydroxyl groups is 1. The molecule has 5 nitrogen and oxygen atoms in total. The predicted molar refractivity (Wildman–Crippen MR) is 69.0 cm³/mol. The van der Waals surface area contributed by atoms with E-state index in [-0.39, 0.29) is 5.97 Å². The number of hydrogen-bond acceptors (Lipinski definition) is 5. The van der Waals surface area contributed by atoms with Crippen LogP contribution in [0.2, 0.25) is 0 Å². The zero-order valence-electron chi connectivity index (χ0n) is 11.0. The van der Waals surface area contributed by atoms with Gasteiger partial charge in [0.05, 0.1) is 13.7 Å². The number of ether oxygens (including phenoxy) is 2. The van der Waals surface area contributed by atoms with E-state index < -0.39 is 12.5 Å². The maximum absolute atomic E-state index is 11.6. The number of rotatable bonds is 5. The largest absolute Gasteiger partial charge is 0.468 e. The number of benzene rings is 1. The molecule has 0 saturated carbocycles. The fourth-order valence-electron chi connectivity index (χ4n) is 2.28. The molecule has 0 aliphatic carbocycles. The van der Waals surface area contributed by atoms with E-state index in [2.05, 4.69) is 0 Å². The topological polar surface area (TPSA) is 59.0 Å². The van der Waals surface area contributed by atoms with Crippen LogP contribution < -0.4 is 0 Å². The molecule has 1 aromatic rings. The lowest BCUT2D eigenvalue weighted by atomic mass is 10.2. The molecule has 0 aromatic heterocycles. The number of aliphatic hydroxyl groups excluding tert-OH is 1. The Bertz CT molecular complexity index is 409. The molecule has 1 aromatic carbocycles. The molecule has 0 spiro atoms. The third-order valence-electron chi connectivity index (χ3n) is 3.29. The van der Waals surface area contributed by atoms with Crippen LogP contribution in [0.25, 0.3) is 0 Å². The lowest BCUT2D eigenvalue weighted by Crippen LogP contribution is -2.44. The lowest BCUT2D eigenvalue weighted by molar-refractivity contribution is -0.209. The Kier molecular flexibility index (Phi) is 4.90. The standard InChI is InChI=1S/C14H19NO4/c1-18-13(16)12-8-5-9-15(12)14(17)19-10-11-6-3-2-4-7-11/h2-4,6-7,12,14,17H,5,8-10H2,1H3/t12-,14?/m0/s1. The van der Waals surface area contributed by atoms with Gasteiger partial charge in [0.25, 0.3) is 0 Å². The van der Waals surface area contributed by atoms with Crippen molar-refractivity contribution in [3.05, 3.63) is 35.9 Å². The van der Waals surface area contributed by atoms with Gasteiger partial charge in [0.2, 0.25) is 6.41 Å². The van der Waals surface area contributed by atoms with E-state index in [1.54, 1.807) is 4.90 Å². The Morgan fingerprint density at radius 2 is 2.21 bits per heavy atom. The second-order valence-corrected chi connectivity index (χ2v) is 4.54. The number of carbonyl (C=O) groups is 1. The van der Waals surface area contributed by atoms with Crippen molar-refractivity contribution in [2.75, 3.05) is 13.7 Å². The van der Waals surface area contributed by atoms with Gasteiger partial charge in [0, 0.05) is 6.54 Å². The van der Waals surface area contributed by atoms with Crippen LogP contribution in [-0.4, -0.2) is 42.1 Å². The molecule has 1 fully saturated rings. The summed E-state index contributed by atoms with van der Waals surface area (Å²) < 4.78 is 10.1. The molecule has 1 N–H and O–H groups in total. The van der Waals surface area contributed by atoms with E-state index in [1.165, 1.54) is 7.11 Å². The van der Waals surface area contributed by atoms with Gasteiger partial charge in [-0.1, -0.05) is 30.3 Å². The first-order valence-corrected chi connectivity index (χ1v) is 6.39. The van der Waals surface area contributed by atoms with Crippen LogP contribution in [0, 0.1) is 0 Å². The van der Waals surface area contributed by atoms with Crippen molar-refractivity contribution in [1.29, 1.82) is 0 Å². The Labute approximate surface area is 112 Å². The quantitative estimate of drug-likeness (QED) is 0.638. The highest BCUT2D eigenvalue weighted by molar-refractivity contribution is 5.75. The molecule has 19 heavy (non-hydrogen) atoms. The zero-order chi connectivity index (χ0) is 13.7. The predicted octanol–water partition coefficient (Wildman–Crippen LogP) is 1.12. The molecule has 1 aliphatic heterocycles. The van der Waals surface area contributed by atoms with Gasteiger partial charge in [-0.25, -0.2) is 4.90 Å². The van der Waals surface area contributed by atoms with E-state index >= 15 is 0 Å². The smallest absolute Gasteiger partial charge is 0.323 e. The highest BCUT2D eigenvalue weighted by Crippen LogP contribution is 2.21. The van der Waals surface area contributed by atoms with Crippen molar-refractivity contribution < 1.29 is 19.4 Å². The summed E-state index contributed by atoms with van der Waals surface area (Å²) in [5, 5.41) is 10.0. The van der Waals surface area contributed by atoms with Crippen molar-refractivity contribution in [1.82, 2.24) is 4.90 Å². The van der Waals surface area contributed by atoms with Crippen LogP contribution in [-0.2, 0) is 20.9 Å². The summed E-state index contributed by atoms with van der Waals surface area (Å²) in [6.07, 6.45) is 0.469. The summed E-state index contributed by atoms with van der Waals surface area (Å²) in [5.74, 6) is -0.320. The average molecular weight is 265 g/mol. The summed E-state index contributed by atoms with van der Waals surface area (Å²) in [4.78, 5) is 13.2. The monoisotopic (exact) mass is 265 g/mol. The van der Waals surface area contributed by atoms with Crippen molar-refractivity contribution in [2.24, 2.45) is 0 Å². The van der Waals surface area contributed by atoms with Crippen LogP contribution in [0.15, 0.2) is 30.3 Å². The Hall–Kier alpha value is -1.43. The Balaban J connectivity index is 1.88. The third kappa shape index (κ3) is 3.53. The molecule has 2 atom stereocenters. The zero-order valence-corrected chi connectivity index (χ0v) is 11.0. The highest BCUT2D eigenvalue weighted by atomic mass is 16.6. The number of esters is 1. The maximum atomic E-state index is 11.6. The second kappa shape index (κ2) is 6.65. The highest BCUT2D eigenvalue weighted by Gasteiger charge is 2.35. The van der Waals surface area contributed by atoms with Gasteiger partial charge in [0.1, 0.15) is 6.04 Å². The number of hydrogen-bond donors (Lipinski definition) is 1. The summed E-state index contributed by atoms with van der Waals surface area (Å²) in [6.45, 7) is 0.947. The molecule has 5 heteroatoms. The molecular formula is C14H19NO4. The Morgan fingerprint density at radius 3 is 2.89 bits per heavy atom. The van der Waals surface area contributed by atoms with Crippen LogP contribution >= 0.6 is 0 Å². The molecular weight excluding hydrogens is 246 g/mol. The van der Waals surface area contributed by atoms with Crippen molar-refractivity contribution in [3.8, 4) is 0 Å². The van der Waals surface area contributed by atoms with Crippen molar-refractivity contribution in [2.45, 2.75) is 31.9 Å². The van der Waals surface area contributed by atoms with Crippen molar-refractivity contribution in [3.63, 3.8) is 0 Å². The van der Waals surface area contributed by atoms with Crippen LogP contribution in [0.1, 0.15) is 18.4 Å². The van der Waals surface area contributed by atoms with Crippen LogP contribution in [0.3, 0.4) is 0 Å². The lowest BCUT2D eigenvalue weighted by Gasteiger charge is -2.27. The van der Waals surface area contributed by atoms with Crippen molar-refractivity contribution >= 4 is 5.97 Å². The van der Waals surface area contributed by atoms with E-state index in [1.807, 2.05) is 30.3 Å². The molecule has 1 unspecified atom stereocenters. The summed E-state index contributed by atoms with van der Waals surface area (Å²) in [6, 6.07) is 9.20. The number of nitrogens with zero attached hydrogens (tertiary/aromatic N) is 1. The van der Waals surface area contributed by atoms with Crippen LogP contribution in [0.5, 0.6) is 0 Å². The third-order valence-corrected chi connectivity index (χ3v) is 3.29. The van der Waals surface area contributed by atoms with Gasteiger partial charge in [-0.15, -0.1) is 0 Å².